The standard InChI is InChI=1S/C14H21N5O/c1-10-11(5-16-18(10)3)6-19-7-13-14(4-12(19)8-20)17(2)9-15-13/h5,9,12,20H,4,6-8H2,1-3H3/t12-/m1/s1. The number of aliphatic hydroxyl groups is 1. The van der Waals surface area contributed by atoms with Crippen molar-refractivity contribution in [2.24, 2.45) is 14.1 Å². The molecule has 3 heterocycles. The molecular weight excluding hydrogens is 254 g/mol. The van der Waals surface area contributed by atoms with Crippen LogP contribution in [0.15, 0.2) is 12.5 Å². The first-order valence-electron chi connectivity index (χ1n) is 6.91. The summed E-state index contributed by atoms with van der Waals surface area (Å²) in [5.74, 6) is 0. The molecule has 0 aromatic carbocycles. The summed E-state index contributed by atoms with van der Waals surface area (Å²) < 4.78 is 3.95. The van der Waals surface area contributed by atoms with Crippen molar-refractivity contribution in [3.8, 4) is 0 Å². The number of aromatic nitrogens is 4. The van der Waals surface area contributed by atoms with Crippen LogP contribution in [0.3, 0.4) is 0 Å². The summed E-state index contributed by atoms with van der Waals surface area (Å²) in [5, 5.41) is 14.0. The van der Waals surface area contributed by atoms with Gasteiger partial charge in [-0.2, -0.15) is 5.10 Å². The highest BCUT2D eigenvalue weighted by molar-refractivity contribution is 5.21. The Morgan fingerprint density at radius 3 is 2.85 bits per heavy atom. The van der Waals surface area contributed by atoms with Gasteiger partial charge in [0.15, 0.2) is 0 Å². The normalized spacial score (nSPS) is 19.3. The Morgan fingerprint density at radius 1 is 1.40 bits per heavy atom. The fraction of sp³-hybridized carbons (Fsp3) is 0.571. The van der Waals surface area contributed by atoms with Crippen LogP contribution in [0.4, 0.5) is 0 Å². The van der Waals surface area contributed by atoms with E-state index in [0.29, 0.717) is 0 Å². The minimum Gasteiger partial charge on any atom is -0.395 e. The largest absolute Gasteiger partial charge is 0.395 e. The van der Waals surface area contributed by atoms with Gasteiger partial charge in [-0.05, 0) is 6.92 Å². The minimum absolute atomic E-state index is 0.150. The Bertz CT molecular complexity index is 615. The van der Waals surface area contributed by atoms with E-state index in [9.17, 15) is 5.11 Å². The lowest BCUT2D eigenvalue weighted by molar-refractivity contribution is 0.0965. The first kappa shape index (κ1) is 13.3. The van der Waals surface area contributed by atoms with Gasteiger partial charge in [-0.1, -0.05) is 0 Å². The van der Waals surface area contributed by atoms with Crippen molar-refractivity contribution in [1.29, 1.82) is 0 Å². The molecule has 0 aliphatic carbocycles. The van der Waals surface area contributed by atoms with Crippen LogP contribution in [0.25, 0.3) is 0 Å². The van der Waals surface area contributed by atoms with E-state index in [2.05, 4.69) is 26.5 Å². The van der Waals surface area contributed by atoms with E-state index in [0.717, 1.165) is 25.2 Å². The summed E-state index contributed by atoms with van der Waals surface area (Å²) in [6, 6.07) is 0.150. The topological polar surface area (TPSA) is 59.1 Å². The molecule has 108 valence electrons. The Balaban J connectivity index is 1.84. The first-order valence-corrected chi connectivity index (χ1v) is 6.91. The Kier molecular flexibility index (Phi) is 3.35. The summed E-state index contributed by atoms with van der Waals surface area (Å²) in [6.45, 7) is 3.84. The maximum atomic E-state index is 9.68. The minimum atomic E-state index is 0.150. The SMILES string of the molecule is Cc1c(CN2Cc3ncn(C)c3C[C@@H]2CO)cnn1C. The lowest BCUT2D eigenvalue weighted by Crippen LogP contribution is -2.42. The third-order valence-electron chi connectivity index (χ3n) is 4.36. The lowest BCUT2D eigenvalue weighted by atomic mass is 10.0. The second-order valence-electron chi connectivity index (χ2n) is 5.57. The summed E-state index contributed by atoms with van der Waals surface area (Å²) >= 11 is 0. The van der Waals surface area contributed by atoms with Crippen molar-refractivity contribution in [2.75, 3.05) is 6.61 Å². The van der Waals surface area contributed by atoms with Crippen LogP contribution in [0.2, 0.25) is 0 Å². The van der Waals surface area contributed by atoms with Gasteiger partial charge in [0.05, 0.1) is 24.8 Å². The molecule has 0 spiro atoms. The molecule has 0 saturated carbocycles. The Labute approximate surface area is 118 Å². The summed E-state index contributed by atoms with van der Waals surface area (Å²) in [4.78, 5) is 6.75. The van der Waals surface area contributed by atoms with Gasteiger partial charge < -0.3 is 9.67 Å². The van der Waals surface area contributed by atoms with E-state index < -0.39 is 0 Å². The fourth-order valence-electron chi connectivity index (χ4n) is 2.85. The van der Waals surface area contributed by atoms with E-state index in [1.807, 2.05) is 31.3 Å². The second-order valence-corrected chi connectivity index (χ2v) is 5.57. The fourth-order valence-corrected chi connectivity index (χ4v) is 2.85. The highest BCUT2D eigenvalue weighted by atomic mass is 16.3. The quantitative estimate of drug-likeness (QED) is 0.880. The highest BCUT2D eigenvalue weighted by Crippen LogP contribution is 2.24. The monoisotopic (exact) mass is 275 g/mol. The number of nitrogens with zero attached hydrogens (tertiary/aromatic N) is 5. The maximum Gasteiger partial charge on any atom is 0.0949 e. The third-order valence-corrected chi connectivity index (χ3v) is 4.36. The molecule has 2 aromatic heterocycles. The van der Waals surface area contributed by atoms with Gasteiger partial charge in [0.2, 0.25) is 0 Å². The first-order chi connectivity index (χ1) is 9.60. The van der Waals surface area contributed by atoms with E-state index in [-0.39, 0.29) is 12.6 Å². The van der Waals surface area contributed by atoms with Gasteiger partial charge in [-0.25, -0.2) is 4.98 Å². The number of hydrogen-bond acceptors (Lipinski definition) is 4. The second kappa shape index (κ2) is 5.03. The van der Waals surface area contributed by atoms with E-state index in [1.165, 1.54) is 17.0 Å². The van der Waals surface area contributed by atoms with Crippen LogP contribution in [0.5, 0.6) is 0 Å². The summed E-state index contributed by atoms with van der Waals surface area (Å²) in [5.41, 5.74) is 4.75. The molecule has 6 nitrogen and oxygen atoms in total. The molecule has 1 aliphatic rings. The Morgan fingerprint density at radius 2 is 2.20 bits per heavy atom. The van der Waals surface area contributed by atoms with Crippen LogP contribution in [0, 0.1) is 6.92 Å². The molecule has 0 bridgehead atoms. The van der Waals surface area contributed by atoms with Crippen molar-refractivity contribution in [3.63, 3.8) is 0 Å². The van der Waals surface area contributed by atoms with Crippen LogP contribution in [-0.4, -0.2) is 42.0 Å². The van der Waals surface area contributed by atoms with Gasteiger partial charge >= 0.3 is 0 Å². The van der Waals surface area contributed by atoms with Crippen LogP contribution in [0.1, 0.15) is 22.6 Å². The average Bonchev–Trinajstić information content (AvgIpc) is 2.96. The Hall–Kier alpha value is -1.66. The molecular formula is C14H21N5O. The molecule has 0 saturated heterocycles. The number of aliphatic hydroxyl groups excluding tert-OH is 1. The summed E-state index contributed by atoms with van der Waals surface area (Å²) in [6.07, 6.45) is 4.62. The smallest absolute Gasteiger partial charge is 0.0949 e. The molecule has 2 aromatic rings. The number of aryl methyl sites for hydroxylation is 2. The van der Waals surface area contributed by atoms with Crippen LogP contribution < -0.4 is 0 Å². The van der Waals surface area contributed by atoms with Gasteiger partial charge in [0.1, 0.15) is 0 Å². The van der Waals surface area contributed by atoms with E-state index >= 15 is 0 Å². The van der Waals surface area contributed by atoms with Crippen molar-refractivity contribution >= 4 is 0 Å². The van der Waals surface area contributed by atoms with Crippen molar-refractivity contribution in [1.82, 2.24) is 24.2 Å². The zero-order valence-electron chi connectivity index (χ0n) is 12.2. The lowest BCUT2D eigenvalue weighted by Gasteiger charge is -2.34. The molecule has 0 radical (unpaired) electrons. The maximum absolute atomic E-state index is 9.68. The zero-order chi connectivity index (χ0) is 14.3. The number of fused-ring (bicyclic) bond motifs is 1. The molecule has 6 heteroatoms. The predicted octanol–water partition coefficient (Wildman–Crippen LogP) is 0.381. The van der Waals surface area contributed by atoms with Gasteiger partial charge in [0, 0.05) is 56.6 Å². The van der Waals surface area contributed by atoms with Gasteiger partial charge in [0.25, 0.3) is 0 Å². The third kappa shape index (κ3) is 2.14. The van der Waals surface area contributed by atoms with E-state index in [1.54, 1.807) is 0 Å². The van der Waals surface area contributed by atoms with E-state index in [4.69, 9.17) is 0 Å². The number of hydrogen-bond donors (Lipinski definition) is 1. The van der Waals surface area contributed by atoms with Crippen molar-refractivity contribution in [3.05, 3.63) is 35.2 Å². The van der Waals surface area contributed by atoms with Crippen LogP contribution >= 0.6 is 0 Å². The molecule has 0 fully saturated rings. The molecule has 0 amide bonds. The number of rotatable bonds is 3. The number of imidazole rings is 1. The zero-order valence-corrected chi connectivity index (χ0v) is 12.2. The molecule has 1 N–H and O–H groups in total. The molecule has 0 unspecified atom stereocenters. The van der Waals surface area contributed by atoms with Crippen molar-refractivity contribution < 1.29 is 5.11 Å². The molecule has 1 aliphatic heterocycles. The highest BCUT2D eigenvalue weighted by Gasteiger charge is 2.28. The predicted molar refractivity (Wildman–Crippen MR) is 75.0 cm³/mol. The molecule has 20 heavy (non-hydrogen) atoms. The van der Waals surface area contributed by atoms with Crippen LogP contribution in [-0.2, 0) is 33.6 Å². The van der Waals surface area contributed by atoms with Gasteiger partial charge in [-0.3, -0.25) is 9.58 Å². The molecule has 1 atom stereocenters. The average molecular weight is 275 g/mol. The molecule has 3 rings (SSSR count). The van der Waals surface area contributed by atoms with Crippen molar-refractivity contribution in [2.45, 2.75) is 32.5 Å². The van der Waals surface area contributed by atoms with Gasteiger partial charge in [-0.15, -0.1) is 0 Å². The summed E-state index contributed by atoms with van der Waals surface area (Å²) in [7, 11) is 3.97.